The summed E-state index contributed by atoms with van der Waals surface area (Å²) in [5.41, 5.74) is 4.75. The first-order valence-electron chi connectivity index (χ1n) is 2.98. The van der Waals surface area contributed by atoms with Crippen molar-refractivity contribution in [3.8, 4) is 0 Å². The van der Waals surface area contributed by atoms with Gasteiger partial charge in [-0.05, 0) is 6.42 Å². The summed E-state index contributed by atoms with van der Waals surface area (Å²) in [6.45, 7) is 0. The Hall–Kier alpha value is -0.910. The van der Waals surface area contributed by atoms with E-state index in [9.17, 15) is 9.59 Å². The number of carbonyl (C=O) groups excluding carboxylic acids is 1. The molecule has 0 radical (unpaired) electrons. The highest BCUT2D eigenvalue weighted by atomic mass is 32.1. The summed E-state index contributed by atoms with van der Waals surface area (Å²) in [5.74, 6) is -0.921. The zero-order valence-electron chi connectivity index (χ0n) is 5.78. The number of hydrogen-bond donors (Lipinski definition) is 4. The topological polar surface area (TPSA) is 92.4 Å². The highest BCUT2D eigenvalue weighted by molar-refractivity contribution is 7.80. The number of urea groups is 1. The Kier molecular flexibility index (Phi) is 4.44. The first-order valence-corrected chi connectivity index (χ1v) is 3.50. The second-order valence-corrected chi connectivity index (χ2v) is 2.58. The van der Waals surface area contributed by atoms with Crippen molar-refractivity contribution in [1.82, 2.24) is 5.32 Å². The van der Waals surface area contributed by atoms with Gasteiger partial charge in [0.1, 0.15) is 0 Å². The fourth-order valence-electron chi connectivity index (χ4n) is 0.497. The third-order valence-electron chi connectivity index (χ3n) is 0.941. The monoisotopic (exact) mass is 178 g/mol. The second-order valence-electron chi connectivity index (χ2n) is 1.96. The Morgan fingerprint density at radius 3 is 2.55 bits per heavy atom. The molecule has 0 saturated heterocycles. The summed E-state index contributed by atoms with van der Waals surface area (Å²) in [6, 6.07) is -0.699. The predicted molar refractivity (Wildman–Crippen MR) is 42.4 cm³/mol. The molecule has 64 valence electrons. The number of amides is 2. The van der Waals surface area contributed by atoms with E-state index in [-0.39, 0.29) is 12.8 Å². The van der Waals surface area contributed by atoms with Gasteiger partial charge in [0, 0.05) is 6.42 Å². The van der Waals surface area contributed by atoms with Crippen LogP contribution in [0.2, 0.25) is 0 Å². The molecule has 0 aliphatic rings. The SMILES string of the molecule is NC(=O)NC(S)CCC(=O)O. The van der Waals surface area contributed by atoms with Gasteiger partial charge in [-0.15, -0.1) is 0 Å². The minimum atomic E-state index is -0.921. The largest absolute Gasteiger partial charge is 0.481 e. The number of carbonyl (C=O) groups is 2. The molecule has 6 heteroatoms. The Morgan fingerprint density at radius 1 is 1.64 bits per heavy atom. The summed E-state index contributed by atoms with van der Waals surface area (Å²) in [4.78, 5) is 20.2. The molecule has 0 aromatic carbocycles. The molecule has 1 atom stereocenters. The third kappa shape index (κ3) is 6.98. The van der Waals surface area contributed by atoms with E-state index >= 15 is 0 Å². The van der Waals surface area contributed by atoms with Crippen LogP contribution in [-0.4, -0.2) is 22.5 Å². The number of rotatable bonds is 4. The summed E-state index contributed by atoms with van der Waals surface area (Å²) in [5, 5.41) is 9.97. The van der Waals surface area contributed by atoms with Gasteiger partial charge in [0.2, 0.25) is 0 Å². The minimum absolute atomic E-state index is 0.0333. The van der Waals surface area contributed by atoms with Crippen molar-refractivity contribution in [2.45, 2.75) is 18.2 Å². The average molecular weight is 178 g/mol. The fraction of sp³-hybridized carbons (Fsp3) is 0.600. The molecule has 5 nitrogen and oxygen atoms in total. The van der Waals surface area contributed by atoms with E-state index in [1.54, 1.807) is 0 Å². The zero-order valence-corrected chi connectivity index (χ0v) is 6.67. The van der Waals surface area contributed by atoms with E-state index in [0.29, 0.717) is 0 Å². The molecule has 0 aromatic rings. The molecule has 2 amide bonds. The number of nitrogens with two attached hydrogens (primary N) is 1. The first-order chi connectivity index (χ1) is 5.02. The van der Waals surface area contributed by atoms with E-state index < -0.39 is 17.4 Å². The van der Waals surface area contributed by atoms with E-state index in [1.165, 1.54) is 0 Å². The maximum Gasteiger partial charge on any atom is 0.313 e. The molecule has 0 spiro atoms. The molecule has 4 N–H and O–H groups in total. The summed E-state index contributed by atoms with van der Waals surface area (Å²) >= 11 is 3.87. The number of primary amides is 1. The van der Waals surface area contributed by atoms with Crippen molar-refractivity contribution in [2.75, 3.05) is 0 Å². The molecular formula is C5H10N2O3S. The van der Waals surface area contributed by atoms with E-state index in [0.717, 1.165) is 0 Å². The van der Waals surface area contributed by atoms with Crippen LogP contribution in [0.3, 0.4) is 0 Å². The van der Waals surface area contributed by atoms with Gasteiger partial charge in [-0.1, -0.05) is 0 Å². The van der Waals surface area contributed by atoms with Crippen molar-refractivity contribution in [3.05, 3.63) is 0 Å². The van der Waals surface area contributed by atoms with Gasteiger partial charge in [0.25, 0.3) is 0 Å². The van der Waals surface area contributed by atoms with Crippen molar-refractivity contribution in [3.63, 3.8) is 0 Å². The summed E-state index contributed by atoms with van der Waals surface area (Å²) < 4.78 is 0. The number of carboxylic acids is 1. The van der Waals surface area contributed by atoms with E-state index in [4.69, 9.17) is 10.8 Å². The number of nitrogens with one attached hydrogen (secondary N) is 1. The highest BCUT2D eigenvalue weighted by Gasteiger charge is 2.06. The summed E-state index contributed by atoms with van der Waals surface area (Å²) in [7, 11) is 0. The fourth-order valence-corrected chi connectivity index (χ4v) is 0.753. The van der Waals surface area contributed by atoms with Gasteiger partial charge in [0.05, 0.1) is 5.37 Å². The van der Waals surface area contributed by atoms with Gasteiger partial charge in [-0.3, -0.25) is 4.79 Å². The molecule has 0 bridgehead atoms. The van der Waals surface area contributed by atoms with Crippen molar-refractivity contribution in [1.29, 1.82) is 0 Å². The molecule has 11 heavy (non-hydrogen) atoms. The van der Waals surface area contributed by atoms with Crippen LogP contribution in [0.15, 0.2) is 0 Å². The van der Waals surface area contributed by atoms with Crippen LogP contribution in [0.5, 0.6) is 0 Å². The molecular weight excluding hydrogens is 168 g/mol. The number of hydrogen-bond acceptors (Lipinski definition) is 3. The third-order valence-corrected chi connectivity index (χ3v) is 1.33. The average Bonchev–Trinajstić information content (AvgIpc) is 1.82. The lowest BCUT2D eigenvalue weighted by Crippen LogP contribution is -2.35. The molecule has 0 heterocycles. The quantitative estimate of drug-likeness (QED) is 0.354. The van der Waals surface area contributed by atoms with Crippen molar-refractivity contribution >= 4 is 24.6 Å². The van der Waals surface area contributed by atoms with Crippen LogP contribution in [-0.2, 0) is 4.79 Å². The zero-order chi connectivity index (χ0) is 8.85. The molecule has 0 aliphatic carbocycles. The number of thiol groups is 1. The van der Waals surface area contributed by atoms with Crippen molar-refractivity contribution in [2.24, 2.45) is 5.73 Å². The van der Waals surface area contributed by atoms with Gasteiger partial charge >= 0.3 is 12.0 Å². The Labute approximate surface area is 69.4 Å². The molecule has 0 aliphatic heterocycles. The lowest BCUT2D eigenvalue weighted by atomic mass is 10.3. The molecule has 0 rings (SSSR count). The normalized spacial score (nSPS) is 12.1. The van der Waals surface area contributed by atoms with Gasteiger partial charge < -0.3 is 16.2 Å². The molecule has 0 fully saturated rings. The van der Waals surface area contributed by atoms with Crippen LogP contribution in [0.4, 0.5) is 4.79 Å². The maximum absolute atomic E-state index is 10.2. The van der Waals surface area contributed by atoms with Crippen molar-refractivity contribution < 1.29 is 14.7 Å². The predicted octanol–water partition coefficient (Wildman–Crippen LogP) is -0.225. The Bertz CT molecular complexity index is 162. The lowest BCUT2D eigenvalue weighted by Gasteiger charge is -2.08. The van der Waals surface area contributed by atoms with Gasteiger partial charge in [-0.25, -0.2) is 4.79 Å². The van der Waals surface area contributed by atoms with Gasteiger partial charge in [0.15, 0.2) is 0 Å². The lowest BCUT2D eigenvalue weighted by molar-refractivity contribution is -0.137. The van der Waals surface area contributed by atoms with Crippen LogP contribution in [0.1, 0.15) is 12.8 Å². The first kappa shape index (κ1) is 10.1. The standard InChI is InChI=1S/C5H10N2O3S/c6-5(10)7-3(11)1-2-4(8)9/h3,11H,1-2H2,(H,8,9)(H3,6,7,10). The second kappa shape index (κ2) is 4.84. The Morgan fingerprint density at radius 2 is 2.18 bits per heavy atom. The van der Waals surface area contributed by atoms with Crippen LogP contribution < -0.4 is 11.1 Å². The molecule has 1 unspecified atom stereocenters. The van der Waals surface area contributed by atoms with Crippen LogP contribution in [0.25, 0.3) is 0 Å². The smallest absolute Gasteiger partial charge is 0.313 e. The summed E-state index contributed by atoms with van der Waals surface area (Å²) in [6.07, 6.45) is 0.232. The van der Waals surface area contributed by atoms with E-state index in [2.05, 4.69) is 17.9 Å². The maximum atomic E-state index is 10.2. The van der Waals surface area contributed by atoms with Crippen LogP contribution >= 0.6 is 12.6 Å². The minimum Gasteiger partial charge on any atom is -0.481 e. The molecule has 0 saturated carbocycles. The van der Waals surface area contributed by atoms with Gasteiger partial charge in [-0.2, -0.15) is 12.6 Å². The number of aliphatic carboxylic acids is 1. The van der Waals surface area contributed by atoms with E-state index in [1.807, 2.05) is 0 Å². The highest BCUT2D eigenvalue weighted by Crippen LogP contribution is 2.00. The van der Waals surface area contributed by atoms with Crippen LogP contribution in [0, 0.1) is 0 Å². The Balaban J connectivity index is 3.44. The number of carboxylic acid groups (broad SMARTS) is 1. The molecule has 0 aromatic heterocycles.